The van der Waals surface area contributed by atoms with Gasteiger partial charge in [0.1, 0.15) is 0 Å². The SMILES string of the molecule is CCCCOCc1cccc(OC)c1O. The molecule has 0 saturated carbocycles. The second-order valence-corrected chi connectivity index (χ2v) is 3.37. The van der Waals surface area contributed by atoms with Gasteiger partial charge in [-0.3, -0.25) is 0 Å². The van der Waals surface area contributed by atoms with Gasteiger partial charge in [0.2, 0.25) is 0 Å². The minimum absolute atomic E-state index is 0.177. The van der Waals surface area contributed by atoms with E-state index in [4.69, 9.17) is 9.47 Å². The third-order valence-corrected chi connectivity index (χ3v) is 2.20. The molecule has 1 aromatic rings. The lowest BCUT2D eigenvalue weighted by Crippen LogP contribution is -1.96. The van der Waals surface area contributed by atoms with Crippen molar-refractivity contribution in [3.63, 3.8) is 0 Å². The molecule has 15 heavy (non-hydrogen) atoms. The maximum Gasteiger partial charge on any atom is 0.163 e. The second-order valence-electron chi connectivity index (χ2n) is 3.37. The Morgan fingerprint density at radius 2 is 2.13 bits per heavy atom. The zero-order chi connectivity index (χ0) is 11.1. The van der Waals surface area contributed by atoms with Crippen molar-refractivity contribution in [3.8, 4) is 11.5 Å². The number of rotatable bonds is 6. The fourth-order valence-electron chi connectivity index (χ4n) is 1.28. The summed E-state index contributed by atoms with van der Waals surface area (Å²) in [5.74, 6) is 0.670. The summed E-state index contributed by atoms with van der Waals surface area (Å²) in [6.07, 6.45) is 2.16. The molecule has 1 rings (SSSR count). The van der Waals surface area contributed by atoms with Gasteiger partial charge in [-0.2, -0.15) is 0 Å². The van der Waals surface area contributed by atoms with E-state index in [1.807, 2.05) is 12.1 Å². The molecule has 84 valence electrons. The molecule has 0 aliphatic carbocycles. The van der Waals surface area contributed by atoms with Gasteiger partial charge in [-0.05, 0) is 12.5 Å². The molecule has 1 N–H and O–H groups in total. The molecule has 0 radical (unpaired) electrons. The van der Waals surface area contributed by atoms with Crippen molar-refractivity contribution < 1.29 is 14.6 Å². The highest BCUT2D eigenvalue weighted by Gasteiger charge is 2.06. The van der Waals surface area contributed by atoms with E-state index in [1.165, 1.54) is 7.11 Å². The van der Waals surface area contributed by atoms with Gasteiger partial charge >= 0.3 is 0 Å². The highest BCUT2D eigenvalue weighted by molar-refractivity contribution is 5.44. The van der Waals surface area contributed by atoms with Crippen LogP contribution in [0.4, 0.5) is 0 Å². The molecule has 0 aliphatic heterocycles. The van der Waals surface area contributed by atoms with Gasteiger partial charge in [0, 0.05) is 12.2 Å². The summed E-state index contributed by atoms with van der Waals surface area (Å²) >= 11 is 0. The van der Waals surface area contributed by atoms with E-state index in [0.717, 1.165) is 25.0 Å². The molecule has 0 aliphatic rings. The standard InChI is InChI=1S/C12H18O3/c1-3-4-8-15-9-10-6-5-7-11(14-2)12(10)13/h5-7,13H,3-4,8-9H2,1-2H3. The molecule has 3 heteroatoms. The van der Waals surface area contributed by atoms with E-state index < -0.39 is 0 Å². The average molecular weight is 210 g/mol. The Morgan fingerprint density at radius 3 is 2.80 bits per heavy atom. The first-order chi connectivity index (χ1) is 7.29. The molecule has 0 amide bonds. The highest BCUT2D eigenvalue weighted by atomic mass is 16.5. The first-order valence-corrected chi connectivity index (χ1v) is 5.22. The lowest BCUT2D eigenvalue weighted by molar-refractivity contribution is 0.116. The van der Waals surface area contributed by atoms with Crippen LogP contribution in [0.1, 0.15) is 25.3 Å². The average Bonchev–Trinajstić information content (AvgIpc) is 2.26. The van der Waals surface area contributed by atoms with Crippen LogP contribution in [0.15, 0.2) is 18.2 Å². The molecule has 0 heterocycles. The fourth-order valence-corrected chi connectivity index (χ4v) is 1.28. The summed E-state index contributed by atoms with van der Waals surface area (Å²) in [4.78, 5) is 0. The molecule has 0 bridgehead atoms. The van der Waals surface area contributed by atoms with Crippen molar-refractivity contribution in [1.29, 1.82) is 0 Å². The molecule has 3 nitrogen and oxygen atoms in total. The van der Waals surface area contributed by atoms with Gasteiger partial charge < -0.3 is 14.6 Å². The van der Waals surface area contributed by atoms with E-state index in [0.29, 0.717) is 12.4 Å². The van der Waals surface area contributed by atoms with Crippen LogP contribution in [0, 0.1) is 0 Å². The van der Waals surface area contributed by atoms with Crippen LogP contribution in [0.5, 0.6) is 11.5 Å². The predicted octanol–water partition coefficient (Wildman–Crippen LogP) is 2.72. The number of phenols is 1. The zero-order valence-electron chi connectivity index (χ0n) is 9.32. The van der Waals surface area contributed by atoms with Crippen LogP contribution in [0.25, 0.3) is 0 Å². The first kappa shape index (κ1) is 11.9. The van der Waals surface area contributed by atoms with E-state index >= 15 is 0 Å². The van der Waals surface area contributed by atoms with Gasteiger partial charge in [-0.25, -0.2) is 0 Å². The zero-order valence-corrected chi connectivity index (χ0v) is 9.32. The van der Waals surface area contributed by atoms with Crippen molar-refractivity contribution in [3.05, 3.63) is 23.8 Å². The predicted molar refractivity (Wildman–Crippen MR) is 59.2 cm³/mol. The smallest absolute Gasteiger partial charge is 0.163 e. The summed E-state index contributed by atoms with van der Waals surface area (Å²) in [7, 11) is 1.54. The van der Waals surface area contributed by atoms with Crippen molar-refractivity contribution in [2.75, 3.05) is 13.7 Å². The molecule has 0 spiro atoms. The number of aromatic hydroxyl groups is 1. The quantitative estimate of drug-likeness (QED) is 0.734. The van der Waals surface area contributed by atoms with Crippen LogP contribution >= 0.6 is 0 Å². The number of hydrogen-bond acceptors (Lipinski definition) is 3. The maximum absolute atomic E-state index is 9.74. The highest BCUT2D eigenvalue weighted by Crippen LogP contribution is 2.29. The monoisotopic (exact) mass is 210 g/mol. The van der Waals surface area contributed by atoms with Gasteiger partial charge in [-0.1, -0.05) is 25.5 Å². The van der Waals surface area contributed by atoms with E-state index in [1.54, 1.807) is 6.07 Å². The number of phenolic OH excluding ortho intramolecular Hbond substituents is 1. The Morgan fingerprint density at radius 1 is 1.33 bits per heavy atom. The maximum atomic E-state index is 9.74. The van der Waals surface area contributed by atoms with Gasteiger partial charge in [0.05, 0.1) is 13.7 Å². The normalized spacial score (nSPS) is 10.3. The molecule has 0 atom stereocenters. The van der Waals surface area contributed by atoms with Gasteiger partial charge in [0.25, 0.3) is 0 Å². The molecule has 0 fully saturated rings. The van der Waals surface area contributed by atoms with Gasteiger partial charge in [-0.15, -0.1) is 0 Å². The summed E-state index contributed by atoms with van der Waals surface area (Å²) in [5.41, 5.74) is 0.769. The number of para-hydroxylation sites is 1. The largest absolute Gasteiger partial charge is 0.504 e. The number of unbranched alkanes of at least 4 members (excludes halogenated alkanes) is 1. The van der Waals surface area contributed by atoms with E-state index in [9.17, 15) is 5.11 Å². The van der Waals surface area contributed by atoms with Crippen LogP contribution in [0.2, 0.25) is 0 Å². The summed E-state index contributed by atoms with van der Waals surface area (Å²) < 4.78 is 10.4. The Hall–Kier alpha value is -1.22. The Kier molecular flexibility index (Phi) is 4.98. The fraction of sp³-hybridized carbons (Fsp3) is 0.500. The first-order valence-electron chi connectivity index (χ1n) is 5.22. The number of methoxy groups -OCH3 is 1. The Bertz CT molecular complexity index is 297. The van der Waals surface area contributed by atoms with E-state index in [-0.39, 0.29) is 5.75 Å². The summed E-state index contributed by atoms with van der Waals surface area (Å²) in [6, 6.07) is 5.41. The third kappa shape index (κ3) is 3.44. The number of benzene rings is 1. The number of ether oxygens (including phenoxy) is 2. The molecule has 1 aromatic carbocycles. The lowest BCUT2D eigenvalue weighted by atomic mass is 10.2. The van der Waals surface area contributed by atoms with Crippen LogP contribution < -0.4 is 4.74 Å². The summed E-state index contributed by atoms with van der Waals surface area (Å²) in [5, 5.41) is 9.74. The summed E-state index contributed by atoms with van der Waals surface area (Å²) in [6.45, 7) is 3.28. The van der Waals surface area contributed by atoms with Crippen LogP contribution in [-0.4, -0.2) is 18.8 Å². The van der Waals surface area contributed by atoms with Crippen molar-refractivity contribution in [2.45, 2.75) is 26.4 Å². The minimum atomic E-state index is 0.177. The topological polar surface area (TPSA) is 38.7 Å². The third-order valence-electron chi connectivity index (χ3n) is 2.20. The lowest BCUT2D eigenvalue weighted by Gasteiger charge is -2.08. The van der Waals surface area contributed by atoms with Crippen LogP contribution in [0.3, 0.4) is 0 Å². The minimum Gasteiger partial charge on any atom is -0.504 e. The Balaban J connectivity index is 2.53. The Labute approximate surface area is 90.6 Å². The molecule has 0 aromatic heterocycles. The molecule has 0 unspecified atom stereocenters. The van der Waals surface area contributed by atoms with E-state index in [2.05, 4.69) is 6.92 Å². The molecule has 0 saturated heterocycles. The number of hydrogen-bond donors (Lipinski definition) is 1. The van der Waals surface area contributed by atoms with Crippen molar-refractivity contribution >= 4 is 0 Å². The van der Waals surface area contributed by atoms with Crippen LogP contribution in [-0.2, 0) is 11.3 Å². The molecular weight excluding hydrogens is 192 g/mol. The van der Waals surface area contributed by atoms with Crippen molar-refractivity contribution in [1.82, 2.24) is 0 Å². The van der Waals surface area contributed by atoms with Crippen molar-refractivity contribution in [2.24, 2.45) is 0 Å². The van der Waals surface area contributed by atoms with Gasteiger partial charge in [0.15, 0.2) is 11.5 Å². The second kappa shape index (κ2) is 6.30. The molecular formula is C12H18O3.